The first-order valence-electron chi connectivity index (χ1n) is 4.86. The van der Waals surface area contributed by atoms with Crippen LogP contribution in [0.25, 0.3) is 0 Å². The molecule has 1 aliphatic rings. The van der Waals surface area contributed by atoms with E-state index in [1.54, 1.807) is 7.11 Å². The fraction of sp³-hybridized carbons (Fsp3) is 0.600. The van der Waals surface area contributed by atoms with Gasteiger partial charge in [0.05, 0.1) is 5.69 Å². The normalized spacial score (nSPS) is 15.3. The summed E-state index contributed by atoms with van der Waals surface area (Å²) in [4.78, 5) is 8.89. The van der Waals surface area contributed by atoms with Gasteiger partial charge in [0, 0.05) is 37.9 Å². The van der Waals surface area contributed by atoms with Crippen LogP contribution in [0.5, 0.6) is 0 Å². The number of nitrogens with zero attached hydrogens (tertiary/aromatic N) is 2. The van der Waals surface area contributed by atoms with Crippen LogP contribution in [-0.2, 0) is 24.3 Å². The smallest absolute Gasteiger partial charge is 0.154 e. The minimum Gasteiger partial charge on any atom is -0.377 e. The Labute approximate surface area is 83.7 Å². The van der Waals surface area contributed by atoms with Crippen molar-refractivity contribution in [1.29, 1.82) is 0 Å². The number of rotatable bonds is 2. The van der Waals surface area contributed by atoms with Crippen molar-refractivity contribution in [2.45, 2.75) is 26.5 Å². The van der Waals surface area contributed by atoms with Crippen LogP contribution in [0.1, 0.15) is 22.8 Å². The van der Waals surface area contributed by atoms with E-state index in [0.29, 0.717) is 6.61 Å². The third-order valence-corrected chi connectivity index (χ3v) is 2.46. The van der Waals surface area contributed by atoms with Gasteiger partial charge in [-0.25, -0.2) is 9.97 Å². The van der Waals surface area contributed by atoms with Gasteiger partial charge in [0.1, 0.15) is 6.61 Å². The number of methoxy groups -OCH3 is 1. The van der Waals surface area contributed by atoms with E-state index < -0.39 is 0 Å². The van der Waals surface area contributed by atoms with Crippen LogP contribution in [0.3, 0.4) is 0 Å². The fourth-order valence-corrected chi connectivity index (χ4v) is 1.77. The Morgan fingerprint density at radius 1 is 1.43 bits per heavy atom. The first-order chi connectivity index (χ1) is 6.81. The average Bonchev–Trinajstić information content (AvgIpc) is 2.18. The first-order valence-corrected chi connectivity index (χ1v) is 4.86. The molecule has 0 amide bonds. The molecule has 0 unspecified atom stereocenters. The summed E-state index contributed by atoms with van der Waals surface area (Å²) in [5.74, 6) is 0.797. The van der Waals surface area contributed by atoms with E-state index in [9.17, 15) is 0 Å². The standard InChI is InChI=1S/C10H15N3O/c1-7-8-5-11-4-3-9(8)13-10(12-7)6-14-2/h11H,3-6H2,1-2H3. The van der Waals surface area contributed by atoms with Crippen molar-refractivity contribution < 1.29 is 4.74 Å². The zero-order valence-corrected chi connectivity index (χ0v) is 8.63. The van der Waals surface area contributed by atoms with Gasteiger partial charge in [0.25, 0.3) is 0 Å². The molecular weight excluding hydrogens is 178 g/mol. The third-order valence-electron chi connectivity index (χ3n) is 2.46. The van der Waals surface area contributed by atoms with Crippen LogP contribution >= 0.6 is 0 Å². The molecule has 1 N–H and O–H groups in total. The van der Waals surface area contributed by atoms with Gasteiger partial charge in [-0.2, -0.15) is 0 Å². The Balaban J connectivity index is 2.36. The van der Waals surface area contributed by atoms with E-state index in [0.717, 1.165) is 31.0 Å². The molecule has 2 rings (SSSR count). The lowest BCUT2D eigenvalue weighted by Crippen LogP contribution is -2.26. The van der Waals surface area contributed by atoms with E-state index in [1.165, 1.54) is 11.3 Å². The summed E-state index contributed by atoms with van der Waals surface area (Å²) >= 11 is 0. The second-order valence-electron chi connectivity index (χ2n) is 3.51. The molecule has 0 radical (unpaired) electrons. The van der Waals surface area contributed by atoms with Crippen LogP contribution in [0.2, 0.25) is 0 Å². The minimum absolute atomic E-state index is 0.502. The van der Waals surface area contributed by atoms with Gasteiger partial charge in [-0.3, -0.25) is 0 Å². The molecule has 0 aromatic carbocycles. The van der Waals surface area contributed by atoms with Gasteiger partial charge in [-0.1, -0.05) is 0 Å². The molecule has 0 atom stereocenters. The Hall–Kier alpha value is -1.00. The first kappa shape index (κ1) is 9.55. The summed E-state index contributed by atoms with van der Waals surface area (Å²) in [7, 11) is 1.67. The molecule has 0 saturated carbocycles. The van der Waals surface area contributed by atoms with Crippen molar-refractivity contribution in [3.8, 4) is 0 Å². The summed E-state index contributed by atoms with van der Waals surface area (Å²) < 4.78 is 5.03. The highest BCUT2D eigenvalue weighted by Gasteiger charge is 2.14. The molecule has 4 heteroatoms. The molecular formula is C10H15N3O. The summed E-state index contributed by atoms with van der Waals surface area (Å²) in [6.45, 7) is 4.44. The van der Waals surface area contributed by atoms with Gasteiger partial charge in [0.15, 0.2) is 5.82 Å². The number of hydrogen-bond acceptors (Lipinski definition) is 4. The number of aryl methyl sites for hydroxylation is 1. The van der Waals surface area contributed by atoms with E-state index in [-0.39, 0.29) is 0 Å². The van der Waals surface area contributed by atoms with Crippen LogP contribution in [0.4, 0.5) is 0 Å². The lowest BCUT2D eigenvalue weighted by Gasteiger charge is -2.18. The Morgan fingerprint density at radius 3 is 3.07 bits per heavy atom. The maximum atomic E-state index is 5.03. The summed E-state index contributed by atoms with van der Waals surface area (Å²) in [6.07, 6.45) is 0.995. The molecule has 4 nitrogen and oxygen atoms in total. The van der Waals surface area contributed by atoms with Crippen LogP contribution in [-0.4, -0.2) is 23.6 Å². The van der Waals surface area contributed by atoms with Crippen molar-refractivity contribution >= 4 is 0 Å². The quantitative estimate of drug-likeness (QED) is 0.746. The fourth-order valence-electron chi connectivity index (χ4n) is 1.77. The lowest BCUT2D eigenvalue weighted by atomic mass is 10.1. The molecule has 0 saturated heterocycles. The average molecular weight is 193 g/mol. The topological polar surface area (TPSA) is 47.0 Å². The molecule has 1 aliphatic heterocycles. The second-order valence-corrected chi connectivity index (χ2v) is 3.51. The van der Waals surface area contributed by atoms with Crippen LogP contribution < -0.4 is 5.32 Å². The summed E-state index contributed by atoms with van der Waals surface area (Å²) in [5.41, 5.74) is 3.52. The highest BCUT2D eigenvalue weighted by molar-refractivity contribution is 5.27. The van der Waals surface area contributed by atoms with Crippen molar-refractivity contribution in [1.82, 2.24) is 15.3 Å². The Bertz CT molecular complexity index is 338. The van der Waals surface area contributed by atoms with E-state index >= 15 is 0 Å². The van der Waals surface area contributed by atoms with Crippen molar-refractivity contribution in [3.63, 3.8) is 0 Å². The second kappa shape index (κ2) is 4.02. The molecule has 0 spiro atoms. The largest absolute Gasteiger partial charge is 0.377 e. The van der Waals surface area contributed by atoms with Crippen molar-refractivity contribution in [2.75, 3.05) is 13.7 Å². The van der Waals surface area contributed by atoms with Gasteiger partial charge >= 0.3 is 0 Å². The highest BCUT2D eigenvalue weighted by Crippen LogP contribution is 2.14. The molecule has 0 aliphatic carbocycles. The van der Waals surface area contributed by atoms with E-state index in [1.807, 2.05) is 6.92 Å². The third kappa shape index (κ3) is 1.76. The number of hydrogen-bond donors (Lipinski definition) is 1. The zero-order valence-electron chi connectivity index (χ0n) is 8.63. The molecule has 1 aromatic rings. The molecule has 2 heterocycles. The van der Waals surface area contributed by atoms with Crippen LogP contribution in [0.15, 0.2) is 0 Å². The van der Waals surface area contributed by atoms with E-state index in [2.05, 4.69) is 15.3 Å². The van der Waals surface area contributed by atoms with Gasteiger partial charge in [-0.15, -0.1) is 0 Å². The van der Waals surface area contributed by atoms with Crippen molar-refractivity contribution in [2.24, 2.45) is 0 Å². The lowest BCUT2D eigenvalue weighted by molar-refractivity contribution is 0.177. The van der Waals surface area contributed by atoms with Gasteiger partial charge in [0.2, 0.25) is 0 Å². The Morgan fingerprint density at radius 2 is 2.29 bits per heavy atom. The maximum Gasteiger partial charge on any atom is 0.154 e. The Kier molecular flexibility index (Phi) is 2.74. The van der Waals surface area contributed by atoms with Crippen molar-refractivity contribution in [3.05, 3.63) is 22.8 Å². The number of aromatic nitrogens is 2. The summed E-state index contributed by atoms with van der Waals surface area (Å²) in [6, 6.07) is 0. The zero-order chi connectivity index (χ0) is 9.97. The predicted octanol–water partition coefficient (Wildman–Crippen LogP) is 0.577. The summed E-state index contributed by atoms with van der Waals surface area (Å²) in [5, 5.41) is 3.32. The van der Waals surface area contributed by atoms with Gasteiger partial charge in [-0.05, 0) is 6.92 Å². The number of fused-ring (bicyclic) bond motifs is 1. The maximum absolute atomic E-state index is 5.03. The monoisotopic (exact) mass is 193 g/mol. The highest BCUT2D eigenvalue weighted by atomic mass is 16.5. The van der Waals surface area contributed by atoms with E-state index in [4.69, 9.17) is 4.74 Å². The molecule has 0 fully saturated rings. The minimum atomic E-state index is 0.502. The van der Waals surface area contributed by atoms with Gasteiger partial charge < -0.3 is 10.1 Å². The molecule has 14 heavy (non-hydrogen) atoms. The molecule has 0 bridgehead atoms. The number of ether oxygens (including phenoxy) is 1. The SMILES string of the molecule is COCc1nc(C)c2c(n1)CCNC2. The van der Waals surface area contributed by atoms with Crippen LogP contribution in [0, 0.1) is 6.92 Å². The molecule has 1 aromatic heterocycles. The number of nitrogens with one attached hydrogen (secondary N) is 1. The molecule has 76 valence electrons. The predicted molar refractivity (Wildman–Crippen MR) is 52.9 cm³/mol.